The molecule has 49 heavy (non-hydrogen) atoms. The molecule has 0 spiro atoms. The van der Waals surface area contributed by atoms with Crippen molar-refractivity contribution >= 4 is 28.2 Å². The SMILES string of the molecule is CCOc1cc(N(CC)CC)ccc1C1(c2c(-c3ccccc3)c(-c3ccccc3)c3ccccn23)OC(=O)c2nc3ccccc3nc21. The number of ether oxygens (including phenoxy) is 2. The van der Waals surface area contributed by atoms with Crippen molar-refractivity contribution in [2.45, 2.75) is 26.4 Å². The minimum Gasteiger partial charge on any atom is -0.493 e. The molecular formula is C42H36N4O3. The summed E-state index contributed by atoms with van der Waals surface area (Å²) in [5.74, 6) is 0.0864. The first-order valence-electron chi connectivity index (χ1n) is 16.9. The lowest BCUT2D eigenvalue weighted by molar-refractivity contribution is 0.0220. The zero-order valence-electron chi connectivity index (χ0n) is 27.8. The molecule has 0 radical (unpaired) electrons. The van der Waals surface area contributed by atoms with Crippen LogP contribution in [-0.2, 0) is 10.3 Å². The minimum atomic E-state index is -1.53. The number of hydrogen-bond donors (Lipinski definition) is 0. The van der Waals surface area contributed by atoms with Crippen LogP contribution in [0, 0.1) is 0 Å². The van der Waals surface area contributed by atoms with Crippen molar-refractivity contribution in [1.29, 1.82) is 0 Å². The number of rotatable bonds is 9. The van der Waals surface area contributed by atoms with Gasteiger partial charge in [-0.3, -0.25) is 0 Å². The first-order valence-corrected chi connectivity index (χ1v) is 16.9. The van der Waals surface area contributed by atoms with Crippen molar-refractivity contribution in [3.63, 3.8) is 0 Å². The molecule has 0 fully saturated rings. The third-order valence-electron chi connectivity index (χ3n) is 9.42. The van der Waals surface area contributed by atoms with Gasteiger partial charge in [0.25, 0.3) is 0 Å². The van der Waals surface area contributed by atoms with E-state index in [4.69, 9.17) is 19.4 Å². The smallest absolute Gasteiger partial charge is 0.360 e. The third kappa shape index (κ3) is 4.76. The van der Waals surface area contributed by atoms with Gasteiger partial charge in [0.1, 0.15) is 11.4 Å². The number of fused-ring (bicyclic) bond motifs is 3. The number of pyridine rings is 1. The number of aromatic nitrogens is 3. The number of hydrogen-bond acceptors (Lipinski definition) is 6. The van der Waals surface area contributed by atoms with Gasteiger partial charge in [-0.2, -0.15) is 0 Å². The molecule has 242 valence electrons. The molecule has 0 bridgehead atoms. The van der Waals surface area contributed by atoms with Crippen LogP contribution in [0.2, 0.25) is 0 Å². The van der Waals surface area contributed by atoms with Gasteiger partial charge in [-0.25, -0.2) is 14.8 Å². The Bertz CT molecular complexity index is 2330. The number of nitrogens with zero attached hydrogens (tertiary/aromatic N) is 4. The average Bonchev–Trinajstić information content (AvgIpc) is 3.64. The number of carbonyl (C=O) groups excluding carboxylic acids is 1. The third-order valence-corrected chi connectivity index (χ3v) is 9.42. The molecule has 4 aromatic carbocycles. The van der Waals surface area contributed by atoms with Crippen LogP contribution in [0.1, 0.15) is 48.2 Å². The van der Waals surface area contributed by atoms with Crippen LogP contribution in [-0.4, -0.2) is 40.0 Å². The summed E-state index contributed by atoms with van der Waals surface area (Å²) in [7, 11) is 0. The van der Waals surface area contributed by atoms with Gasteiger partial charge in [0, 0.05) is 42.2 Å². The van der Waals surface area contributed by atoms with Crippen molar-refractivity contribution in [2.24, 2.45) is 0 Å². The molecule has 7 nitrogen and oxygen atoms in total. The van der Waals surface area contributed by atoms with Crippen LogP contribution in [0.15, 0.2) is 128 Å². The van der Waals surface area contributed by atoms with Crippen molar-refractivity contribution in [1.82, 2.24) is 14.4 Å². The van der Waals surface area contributed by atoms with E-state index >= 15 is 0 Å². The fourth-order valence-electron chi connectivity index (χ4n) is 7.29. The molecule has 4 heterocycles. The quantitative estimate of drug-likeness (QED) is 0.146. The lowest BCUT2D eigenvalue weighted by Crippen LogP contribution is -2.33. The van der Waals surface area contributed by atoms with E-state index in [1.807, 2.05) is 92.0 Å². The van der Waals surface area contributed by atoms with Gasteiger partial charge in [0.05, 0.1) is 34.4 Å². The van der Waals surface area contributed by atoms with Crippen LogP contribution in [0.3, 0.4) is 0 Å². The molecule has 1 aliphatic rings. The molecule has 0 saturated heterocycles. The monoisotopic (exact) mass is 644 g/mol. The highest BCUT2D eigenvalue weighted by Gasteiger charge is 2.56. The molecule has 0 saturated carbocycles. The molecule has 7 aromatic rings. The molecule has 1 atom stereocenters. The highest BCUT2D eigenvalue weighted by molar-refractivity contribution is 6.01. The summed E-state index contributed by atoms with van der Waals surface area (Å²) >= 11 is 0. The number of anilines is 1. The van der Waals surface area contributed by atoms with Crippen molar-refractivity contribution in [3.8, 4) is 28.0 Å². The highest BCUT2D eigenvalue weighted by atomic mass is 16.6. The van der Waals surface area contributed by atoms with Crippen molar-refractivity contribution in [3.05, 3.63) is 150 Å². The van der Waals surface area contributed by atoms with Crippen LogP contribution in [0.25, 0.3) is 38.8 Å². The summed E-state index contributed by atoms with van der Waals surface area (Å²) in [6.07, 6.45) is 2.04. The second-order valence-electron chi connectivity index (χ2n) is 12.1. The maximum Gasteiger partial charge on any atom is 0.360 e. The molecule has 1 aliphatic heterocycles. The van der Waals surface area contributed by atoms with E-state index in [9.17, 15) is 4.79 Å². The van der Waals surface area contributed by atoms with E-state index < -0.39 is 11.6 Å². The Labute approximate surface area is 285 Å². The zero-order chi connectivity index (χ0) is 33.5. The van der Waals surface area contributed by atoms with Crippen LogP contribution in [0.5, 0.6) is 5.75 Å². The Morgan fingerprint density at radius 3 is 2.04 bits per heavy atom. The summed E-state index contributed by atoms with van der Waals surface area (Å²) in [6, 6.07) is 40.6. The Morgan fingerprint density at radius 1 is 0.735 bits per heavy atom. The summed E-state index contributed by atoms with van der Waals surface area (Å²) < 4.78 is 15.5. The second-order valence-corrected chi connectivity index (χ2v) is 12.1. The first-order chi connectivity index (χ1) is 24.1. The minimum absolute atomic E-state index is 0.195. The molecule has 8 rings (SSSR count). The molecule has 0 aliphatic carbocycles. The maximum absolute atomic E-state index is 14.3. The normalized spacial score (nSPS) is 15.4. The second kappa shape index (κ2) is 12.3. The standard InChI is InChI=1S/C42H36N4O3/c1-4-45(5-2)30-24-25-31(35(27-30)48-6-3)42(39-38(41(47)49-42)43-32-21-13-14-22-33(32)44-39)40-37(29-19-11-8-12-20-29)36(28-17-9-7-10-18-28)34-23-15-16-26-46(34)40/h7-27H,4-6H2,1-3H3. The van der Waals surface area contributed by atoms with E-state index in [1.165, 1.54) is 0 Å². The van der Waals surface area contributed by atoms with Crippen LogP contribution < -0.4 is 9.64 Å². The van der Waals surface area contributed by atoms with Crippen LogP contribution in [0.4, 0.5) is 5.69 Å². The molecule has 7 heteroatoms. The van der Waals surface area contributed by atoms with E-state index in [0.29, 0.717) is 34.6 Å². The van der Waals surface area contributed by atoms with Gasteiger partial charge in [0.2, 0.25) is 5.60 Å². The number of para-hydroxylation sites is 2. The van der Waals surface area contributed by atoms with Gasteiger partial charge in [-0.1, -0.05) is 78.9 Å². The van der Waals surface area contributed by atoms with E-state index in [0.717, 1.165) is 52.2 Å². The maximum atomic E-state index is 14.3. The summed E-state index contributed by atoms with van der Waals surface area (Å²) in [6.45, 7) is 8.34. The molecule has 1 unspecified atom stereocenters. The van der Waals surface area contributed by atoms with E-state index in [2.05, 4.69) is 65.6 Å². The number of esters is 1. The fourth-order valence-corrected chi connectivity index (χ4v) is 7.29. The summed E-state index contributed by atoms with van der Waals surface area (Å²) in [4.78, 5) is 26.7. The first kappa shape index (κ1) is 30.4. The summed E-state index contributed by atoms with van der Waals surface area (Å²) in [5, 5.41) is 0. The molecular weight excluding hydrogens is 608 g/mol. The molecule has 0 amide bonds. The van der Waals surface area contributed by atoms with Crippen molar-refractivity contribution in [2.75, 3.05) is 24.6 Å². The molecule has 3 aromatic heterocycles. The number of carbonyl (C=O) groups is 1. The lowest BCUT2D eigenvalue weighted by atomic mass is 9.81. The van der Waals surface area contributed by atoms with Crippen molar-refractivity contribution < 1.29 is 14.3 Å². The molecule has 0 N–H and O–H groups in total. The number of cyclic esters (lactones) is 1. The largest absolute Gasteiger partial charge is 0.493 e. The topological polar surface area (TPSA) is 69.0 Å². The Morgan fingerprint density at radius 2 is 1.37 bits per heavy atom. The zero-order valence-corrected chi connectivity index (χ0v) is 27.8. The van der Waals surface area contributed by atoms with Gasteiger partial charge in [-0.15, -0.1) is 0 Å². The van der Waals surface area contributed by atoms with Gasteiger partial charge >= 0.3 is 5.97 Å². The van der Waals surface area contributed by atoms with Crippen LogP contribution >= 0.6 is 0 Å². The predicted molar refractivity (Wildman–Crippen MR) is 194 cm³/mol. The van der Waals surface area contributed by atoms with Gasteiger partial charge < -0.3 is 18.8 Å². The Balaban J connectivity index is 1.58. The average molecular weight is 645 g/mol. The fraction of sp³-hybridized carbons (Fsp3) is 0.167. The number of benzene rings is 4. The Hall–Kier alpha value is -5.95. The van der Waals surface area contributed by atoms with E-state index in [1.54, 1.807) is 0 Å². The summed E-state index contributed by atoms with van der Waals surface area (Å²) in [5.41, 5.74) is 7.82. The predicted octanol–water partition coefficient (Wildman–Crippen LogP) is 8.92. The van der Waals surface area contributed by atoms with Gasteiger partial charge in [-0.05, 0) is 68.3 Å². The Kier molecular flexibility index (Phi) is 7.60. The highest BCUT2D eigenvalue weighted by Crippen LogP contribution is 2.55. The lowest BCUT2D eigenvalue weighted by Gasteiger charge is -2.32. The van der Waals surface area contributed by atoms with E-state index in [-0.39, 0.29) is 5.69 Å². The van der Waals surface area contributed by atoms with Gasteiger partial charge in [0.15, 0.2) is 5.69 Å².